The predicted octanol–water partition coefficient (Wildman–Crippen LogP) is 1.68. The van der Waals surface area contributed by atoms with E-state index < -0.39 is 0 Å². The van der Waals surface area contributed by atoms with Crippen molar-refractivity contribution < 1.29 is 9.53 Å². The number of amides is 1. The summed E-state index contributed by atoms with van der Waals surface area (Å²) in [6, 6.07) is 9.65. The van der Waals surface area contributed by atoms with Crippen LogP contribution in [0.2, 0.25) is 0 Å². The van der Waals surface area contributed by atoms with Gasteiger partial charge in [0.15, 0.2) is 0 Å². The van der Waals surface area contributed by atoms with Gasteiger partial charge in [0.05, 0.1) is 13.5 Å². The first kappa shape index (κ1) is 16.2. The van der Waals surface area contributed by atoms with Gasteiger partial charge < -0.3 is 14.5 Å². The molecule has 1 amide bonds. The van der Waals surface area contributed by atoms with Crippen molar-refractivity contribution in [3.05, 3.63) is 47.9 Å². The molecule has 1 fully saturated rings. The number of anilines is 1. The Hall–Kier alpha value is -2.63. The Bertz CT molecular complexity index is 712. The summed E-state index contributed by atoms with van der Waals surface area (Å²) in [6.07, 6.45) is 1.99. The molecule has 1 aromatic heterocycles. The number of rotatable bonds is 4. The zero-order chi connectivity index (χ0) is 16.9. The average Bonchev–Trinajstić information content (AvgIpc) is 2.62. The van der Waals surface area contributed by atoms with E-state index in [1.165, 1.54) is 0 Å². The van der Waals surface area contributed by atoms with Crippen LogP contribution in [0.3, 0.4) is 0 Å². The Morgan fingerprint density at radius 3 is 2.67 bits per heavy atom. The fourth-order valence-corrected chi connectivity index (χ4v) is 2.87. The van der Waals surface area contributed by atoms with Gasteiger partial charge in [0.2, 0.25) is 5.91 Å². The fraction of sp³-hybridized carbons (Fsp3) is 0.389. The monoisotopic (exact) mass is 326 g/mol. The normalized spacial score (nSPS) is 14.6. The van der Waals surface area contributed by atoms with E-state index in [0.29, 0.717) is 19.5 Å². The Balaban J connectivity index is 1.57. The maximum Gasteiger partial charge on any atom is 0.227 e. The van der Waals surface area contributed by atoms with Crippen LogP contribution in [0, 0.1) is 6.92 Å². The minimum absolute atomic E-state index is 0.154. The predicted molar refractivity (Wildman–Crippen MR) is 92.3 cm³/mol. The van der Waals surface area contributed by atoms with E-state index >= 15 is 0 Å². The number of methoxy groups -OCH3 is 1. The molecule has 2 aromatic rings. The molecule has 3 rings (SSSR count). The number of hydrogen-bond donors (Lipinski definition) is 0. The molecule has 0 saturated carbocycles. The largest absolute Gasteiger partial charge is 0.497 e. The summed E-state index contributed by atoms with van der Waals surface area (Å²) in [5, 5.41) is 0. The first-order chi connectivity index (χ1) is 11.7. The molecule has 0 aliphatic carbocycles. The van der Waals surface area contributed by atoms with Gasteiger partial charge in [-0.05, 0) is 24.6 Å². The van der Waals surface area contributed by atoms with E-state index in [2.05, 4.69) is 14.9 Å². The van der Waals surface area contributed by atoms with Crippen LogP contribution < -0.4 is 9.64 Å². The summed E-state index contributed by atoms with van der Waals surface area (Å²) in [7, 11) is 1.63. The summed E-state index contributed by atoms with van der Waals surface area (Å²) in [5.74, 6) is 1.87. The van der Waals surface area contributed by atoms with Gasteiger partial charge in [-0.15, -0.1) is 0 Å². The van der Waals surface area contributed by atoms with Crippen molar-refractivity contribution in [2.24, 2.45) is 0 Å². The van der Waals surface area contributed by atoms with Crippen LogP contribution in [0.4, 0.5) is 5.82 Å². The quantitative estimate of drug-likeness (QED) is 0.856. The molecule has 1 saturated heterocycles. The molecule has 2 heterocycles. The lowest BCUT2D eigenvalue weighted by Gasteiger charge is -2.35. The first-order valence-corrected chi connectivity index (χ1v) is 8.10. The van der Waals surface area contributed by atoms with Crippen LogP contribution in [-0.2, 0) is 11.2 Å². The third kappa shape index (κ3) is 3.82. The van der Waals surface area contributed by atoms with Gasteiger partial charge in [-0.1, -0.05) is 12.1 Å². The highest BCUT2D eigenvalue weighted by atomic mass is 16.5. The molecule has 1 aromatic carbocycles. The summed E-state index contributed by atoms with van der Waals surface area (Å²) in [4.78, 5) is 25.1. The second-order valence-electron chi connectivity index (χ2n) is 5.91. The topological polar surface area (TPSA) is 58.6 Å². The number of carbonyl (C=O) groups excluding carboxylic acids is 1. The zero-order valence-corrected chi connectivity index (χ0v) is 14.1. The van der Waals surface area contributed by atoms with Crippen LogP contribution in [0.25, 0.3) is 0 Å². The SMILES string of the molecule is COc1cccc(CC(=O)N2CCN(c3cc(C)ncn3)CC2)c1. The van der Waals surface area contributed by atoms with Crippen LogP contribution >= 0.6 is 0 Å². The Morgan fingerprint density at radius 1 is 1.17 bits per heavy atom. The second kappa shape index (κ2) is 7.29. The van der Waals surface area contributed by atoms with Crippen LogP contribution in [-0.4, -0.2) is 54.1 Å². The van der Waals surface area contributed by atoms with Crippen LogP contribution in [0.1, 0.15) is 11.3 Å². The molecular formula is C18H22N4O2. The molecule has 0 bridgehead atoms. The van der Waals surface area contributed by atoms with Crippen molar-refractivity contribution in [2.45, 2.75) is 13.3 Å². The molecule has 6 heteroatoms. The molecular weight excluding hydrogens is 304 g/mol. The highest BCUT2D eigenvalue weighted by Crippen LogP contribution is 2.16. The van der Waals surface area contributed by atoms with Crippen LogP contribution in [0.5, 0.6) is 5.75 Å². The van der Waals surface area contributed by atoms with Crippen molar-refractivity contribution >= 4 is 11.7 Å². The fourth-order valence-electron chi connectivity index (χ4n) is 2.87. The van der Waals surface area contributed by atoms with E-state index in [-0.39, 0.29) is 5.91 Å². The Kier molecular flexibility index (Phi) is 4.93. The average molecular weight is 326 g/mol. The Morgan fingerprint density at radius 2 is 1.96 bits per heavy atom. The third-order valence-electron chi connectivity index (χ3n) is 4.24. The van der Waals surface area contributed by atoms with E-state index in [0.717, 1.165) is 35.9 Å². The number of piperazine rings is 1. The maximum atomic E-state index is 12.5. The van der Waals surface area contributed by atoms with Crippen molar-refractivity contribution in [1.82, 2.24) is 14.9 Å². The van der Waals surface area contributed by atoms with Gasteiger partial charge in [-0.2, -0.15) is 0 Å². The number of aromatic nitrogens is 2. The molecule has 0 radical (unpaired) electrons. The van der Waals surface area contributed by atoms with Crippen molar-refractivity contribution in [1.29, 1.82) is 0 Å². The zero-order valence-electron chi connectivity index (χ0n) is 14.1. The summed E-state index contributed by atoms with van der Waals surface area (Å²) >= 11 is 0. The lowest BCUT2D eigenvalue weighted by atomic mass is 10.1. The number of carbonyl (C=O) groups is 1. The van der Waals surface area contributed by atoms with E-state index in [9.17, 15) is 4.79 Å². The highest BCUT2D eigenvalue weighted by Gasteiger charge is 2.22. The van der Waals surface area contributed by atoms with Gasteiger partial charge in [-0.3, -0.25) is 4.79 Å². The number of aryl methyl sites for hydroxylation is 1. The first-order valence-electron chi connectivity index (χ1n) is 8.10. The minimum Gasteiger partial charge on any atom is -0.497 e. The van der Waals surface area contributed by atoms with E-state index in [1.54, 1.807) is 13.4 Å². The maximum absolute atomic E-state index is 12.5. The number of ether oxygens (including phenoxy) is 1. The Labute approximate surface area is 142 Å². The summed E-state index contributed by atoms with van der Waals surface area (Å²) in [6.45, 7) is 4.97. The molecule has 0 spiro atoms. The molecule has 126 valence electrons. The van der Waals surface area contributed by atoms with Gasteiger partial charge >= 0.3 is 0 Å². The molecule has 24 heavy (non-hydrogen) atoms. The van der Waals surface area contributed by atoms with Gasteiger partial charge in [0, 0.05) is 37.9 Å². The standard InChI is InChI=1S/C18H22N4O2/c1-14-10-17(20-13-19-14)21-6-8-22(9-7-21)18(23)12-15-4-3-5-16(11-15)24-2/h3-5,10-11,13H,6-9,12H2,1-2H3. The molecule has 0 unspecified atom stereocenters. The summed E-state index contributed by atoms with van der Waals surface area (Å²) in [5.41, 5.74) is 1.93. The number of hydrogen-bond acceptors (Lipinski definition) is 5. The minimum atomic E-state index is 0.154. The van der Waals surface area contributed by atoms with Crippen molar-refractivity contribution in [3.8, 4) is 5.75 Å². The summed E-state index contributed by atoms with van der Waals surface area (Å²) < 4.78 is 5.21. The highest BCUT2D eigenvalue weighted by molar-refractivity contribution is 5.79. The van der Waals surface area contributed by atoms with Gasteiger partial charge in [0.1, 0.15) is 17.9 Å². The van der Waals surface area contributed by atoms with Gasteiger partial charge in [-0.25, -0.2) is 9.97 Å². The van der Waals surface area contributed by atoms with E-state index in [4.69, 9.17) is 4.74 Å². The van der Waals surface area contributed by atoms with E-state index in [1.807, 2.05) is 42.2 Å². The molecule has 6 nitrogen and oxygen atoms in total. The van der Waals surface area contributed by atoms with Gasteiger partial charge in [0.25, 0.3) is 0 Å². The van der Waals surface area contributed by atoms with Crippen molar-refractivity contribution in [3.63, 3.8) is 0 Å². The molecule has 0 N–H and O–H groups in total. The second-order valence-corrected chi connectivity index (χ2v) is 5.91. The number of nitrogens with zero attached hydrogens (tertiary/aromatic N) is 4. The van der Waals surface area contributed by atoms with Crippen LogP contribution in [0.15, 0.2) is 36.7 Å². The third-order valence-corrected chi connectivity index (χ3v) is 4.24. The number of benzene rings is 1. The molecule has 0 atom stereocenters. The lowest BCUT2D eigenvalue weighted by molar-refractivity contribution is -0.130. The smallest absolute Gasteiger partial charge is 0.227 e. The lowest BCUT2D eigenvalue weighted by Crippen LogP contribution is -2.49. The molecule has 1 aliphatic rings. The van der Waals surface area contributed by atoms with Crippen molar-refractivity contribution in [2.75, 3.05) is 38.2 Å². The molecule has 1 aliphatic heterocycles.